The molecule has 16 rings (SSSR count). The van der Waals surface area contributed by atoms with Gasteiger partial charge in [-0.15, -0.1) is 0 Å². The number of fused-ring (bicyclic) bond motifs is 7. The van der Waals surface area contributed by atoms with E-state index in [1.165, 1.54) is 15.6 Å². The van der Waals surface area contributed by atoms with Gasteiger partial charge in [-0.05, 0) is 63.2 Å². The van der Waals surface area contributed by atoms with Gasteiger partial charge in [-0.2, -0.15) is 0 Å². The minimum Gasteiger partial charge on any atom is -0.457 e. The maximum Gasteiger partial charge on any atom is 0.220 e. The van der Waals surface area contributed by atoms with Crippen LogP contribution in [-0.2, 0) is 4.66 Å². The molecule has 10 nitrogen and oxygen atoms in total. The van der Waals surface area contributed by atoms with Gasteiger partial charge in [0, 0.05) is 43.7 Å². The van der Waals surface area contributed by atoms with Crippen molar-refractivity contribution in [2.75, 3.05) is 0 Å². The SMILES string of the molecule is C[Si](C)(c1nc(-c2ccccc2)nc(-c2ccccc2)n1)C1([Si](C)(C)c2nc(-c3ccccc3)nc(-c3ccccc3)n2)c2ccccc2Oc2c1cccc2[Si](c1ccccc1)(c1ccccc1)c1cccc(-n2c3ccccc3n3c4ccccc4nc23)c1. The average Bonchev–Trinajstić information content (AvgIpc) is 1.62. The first-order valence-corrected chi connectivity index (χ1v) is 38.9. The smallest absolute Gasteiger partial charge is 0.220 e. The first-order chi connectivity index (χ1) is 44.6. The van der Waals surface area contributed by atoms with Crippen molar-refractivity contribution in [3.63, 3.8) is 0 Å². The lowest BCUT2D eigenvalue weighted by atomic mass is 9.98. The minimum atomic E-state index is -3.58. The molecule has 0 radical (unpaired) electrons. The zero-order valence-corrected chi connectivity index (χ0v) is 53.7. The summed E-state index contributed by atoms with van der Waals surface area (Å²) in [7, 11) is -10.5. The number of rotatable bonds is 13. The zero-order valence-electron chi connectivity index (χ0n) is 50.7. The molecule has 5 heterocycles. The standard InChI is InChI=1S/C78H61N9OSi3/c1-89(2,75-82-71(54-31-11-5-12-32-54)80-72(83-75)55-33-13-6-14-34-55)78(90(3,4)76-84-73(56-35-15-7-16-36-56)81-74(85-76)57-37-17-8-18-38-57)62-45-23-28-51-68(62)88-70-63(78)46-30-52-69(70)91(59-40-19-9-20-41-59,60-42-21-10-22-43-60)61-44-29-39-58(53-61)86-66-49-26-27-50-67(66)87-65-48-25-24-47-64(65)79-77(86)87/h5-53H,1-4H3. The summed E-state index contributed by atoms with van der Waals surface area (Å²) < 4.78 is 11.7. The van der Waals surface area contributed by atoms with E-state index in [1.807, 2.05) is 24.3 Å². The molecule has 0 fully saturated rings. The van der Waals surface area contributed by atoms with Gasteiger partial charge in [0.05, 0.1) is 22.1 Å². The Hall–Kier alpha value is -10.8. The predicted molar refractivity (Wildman–Crippen MR) is 376 cm³/mol. The zero-order chi connectivity index (χ0) is 61.3. The van der Waals surface area contributed by atoms with Crippen LogP contribution in [0.1, 0.15) is 11.1 Å². The molecule has 4 aromatic heterocycles. The monoisotopic (exact) mass is 1220 g/mol. The van der Waals surface area contributed by atoms with Crippen LogP contribution in [0.25, 0.3) is 79.1 Å². The number of para-hydroxylation sites is 6. The lowest BCUT2D eigenvalue weighted by Crippen LogP contribution is -2.78. The molecule has 91 heavy (non-hydrogen) atoms. The maximum absolute atomic E-state index is 7.97. The van der Waals surface area contributed by atoms with E-state index in [9.17, 15) is 0 Å². The van der Waals surface area contributed by atoms with Crippen LogP contribution in [-0.4, -0.2) is 68.1 Å². The first kappa shape index (κ1) is 55.5. The van der Waals surface area contributed by atoms with Gasteiger partial charge in [0.2, 0.25) is 5.78 Å². The highest BCUT2D eigenvalue weighted by Gasteiger charge is 2.67. The highest BCUT2D eigenvalue weighted by molar-refractivity contribution is 7.20. The molecule has 1 aliphatic rings. The summed E-state index contributed by atoms with van der Waals surface area (Å²) >= 11 is 0. The molecule has 436 valence electrons. The van der Waals surface area contributed by atoms with E-state index < -0.39 is 28.9 Å². The van der Waals surface area contributed by atoms with Crippen LogP contribution < -0.4 is 36.4 Å². The van der Waals surface area contributed by atoms with E-state index in [0.717, 1.165) is 94.5 Å². The number of aromatic nitrogens is 9. The van der Waals surface area contributed by atoms with E-state index in [0.29, 0.717) is 23.3 Å². The van der Waals surface area contributed by atoms with Crippen LogP contribution in [0, 0.1) is 0 Å². The summed E-state index contributed by atoms with van der Waals surface area (Å²) in [5, 5.41) is 4.70. The number of nitrogens with zero attached hydrogens (tertiary/aromatic N) is 9. The van der Waals surface area contributed by atoms with E-state index in [2.05, 4.69) is 308 Å². The van der Waals surface area contributed by atoms with Gasteiger partial charge in [-0.1, -0.05) is 281 Å². The molecule has 0 N–H and O–H groups in total. The van der Waals surface area contributed by atoms with Crippen molar-refractivity contribution in [2.45, 2.75) is 30.8 Å². The second-order valence-corrected chi connectivity index (χ2v) is 37.6. The second kappa shape index (κ2) is 22.0. The fourth-order valence-electron chi connectivity index (χ4n) is 14.8. The molecule has 0 saturated carbocycles. The highest BCUT2D eigenvalue weighted by atomic mass is 28.4. The summed E-state index contributed by atoms with van der Waals surface area (Å²) in [5.41, 5.74) is 12.4. The van der Waals surface area contributed by atoms with Crippen LogP contribution in [0.3, 0.4) is 0 Å². The summed E-state index contributed by atoms with van der Waals surface area (Å²) in [4.78, 5) is 39.1. The topological polar surface area (TPSA) is 109 Å². The van der Waals surface area contributed by atoms with Crippen molar-refractivity contribution in [3.05, 3.63) is 308 Å². The third-order valence-corrected chi connectivity index (χ3v) is 34.8. The van der Waals surface area contributed by atoms with Gasteiger partial charge in [0.1, 0.15) is 38.5 Å². The quantitative estimate of drug-likeness (QED) is 0.0830. The third-order valence-electron chi connectivity index (χ3n) is 18.8. The number of ether oxygens (including phenoxy) is 1. The Kier molecular flexibility index (Phi) is 13.4. The van der Waals surface area contributed by atoms with Crippen LogP contribution in [0.2, 0.25) is 26.2 Å². The Labute approximate surface area is 531 Å². The number of benzene rings is 11. The van der Waals surface area contributed by atoms with Gasteiger partial charge in [0.15, 0.2) is 31.4 Å². The first-order valence-electron chi connectivity index (χ1n) is 30.9. The minimum absolute atomic E-state index is 0.613. The van der Waals surface area contributed by atoms with Gasteiger partial charge in [0.25, 0.3) is 0 Å². The van der Waals surface area contributed by atoms with Gasteiger partial charge in [-0.3, -0.25) is 8.97 Å². The van der Waals surface area contributed by atoms with Gasteiger partial charge < -0.3 is 4.74 Å². The molecular formula is C78H61N9OSi3. The Morgan fingerprint density at radius 1 is 0.341 bits per heavy atom. The average molecular weight is 1220 g/mol. The molecule has 0 amide bonds. The highest BCUT2D eigenvalue weighted by Crippen LogP contribution is 2.56. The molecule has 0 spiro atoms. The Morgan fingerprint density at radius 2 is 0.747 bits per heavy atom. The molecule has 0 unspecified atom stereocenters. The molecule has 0 atom stereocenters. The molecule has 0 saturated heterocycles. The predicted octanol–water partition coefficient (Wildman–Crippen LogP) is 13.5. The van der Waals surface area contributed by atoms with Crippen LogP contribution in [0.5, 0.6) is 11.5 Å². The number of imidazole rings is 2. The van der Waals surface area contributed by atoms with Crippen molar-refractivity contribution in [1.29, 1.82) is 0 Å². The summed E-state index contributed by atoms with van der Waals surface area (Å²) in [6, 6.07) is 106. The van der Waals surface area contributed by atoms with E-state index >= 15 is 0 Å². The summed E-state index contributed by atoms with van der Waals surface area (Å²) in [5.74, 6) is 4.90. The number of hydrogen-bond donors (Lipinski definition) is 0. The van der Waals surface area contributed by atoms with Crippen molar-refractivity contribution < 1.29 is 4.74 Å². The van der Waals surface area contributed by atoms with Gasteiger partial charge in [-0.25, -0.2) is 34.9 Å². The van der Waals surface area contributed by atoms with Crippen LogP contribution in [0.4, 0.5) is 0 Å². The summed E-state index contributed by atoms with van der Waals surface area (Å²) in [6.07, 6.45) is 0. The lowest BCUT2D eigenvalue weighted by molar-refractivity contribution is 0.452. The van der Waals surface area contributed by atoms with E-state index in [-0.39, 0.29) is 0 Å². The molecule has 11 aromatic carbocycles. The van der Waals surface area contributed by atoms with Crippen LogP contribution in [0.15, 0.2) is 297 Å². The van der Waals surface area contributed by atoms with Crippen molar-refractivity contribution in [1.82, 2.24) is 43.9 Å². The molecule has 1 aliphatic heterocycles. The van der Waals surface area contributed by atoms with Crippen LogP contribution >= 0.6 is 0 Å². The molecule has 0 bridgehead atoms. The van der Waals surface area contributed by atoms with Crippen molar-refractivity contribution >= 4 is 83.7 Å². The fraction of sp³-hybridized carbons (Fsp3) is 0.0641. The second-order valence-electron chi connectivity index (χ2n) is 24.4. The largest absolute Gasteiger partial charge is 0.457 e. The molecule has 13 heteroatoms. The Morgan fingerprint density at radius 3 is 1.26 bits per heavy atom. The van der Waals surface area contributed by atoms with Gasteiger partial charge >= 0.3 is 0 Å². The van der Waals surface area contributed by atoms with Crippen molar-refractivity contribution in [3.8, 4) is 62.7 Å². The normalized spacial score (nSPS) is 13.0. The molecular weight excluding hydrogens is 1160 g/mol. The Bertz CT molecular complexity index is 4930. The van der Waals surface area contributed by atoms with Crippen molar-refractivity contribution in [2.24, 2.45) is 0 Å². The van der Waals surface area contributed by atoms with E-state index in [4.69, 9.17) is 39.6 Å². The third kappa shape index (κ3) is 8.74. The Balaban J connectivity index is 1.04. The molecule has 0 aliphatic carbocycles. The lowest BCUT2D eigenvalue weighted by Gasteiger charge is -2.56. The number of hydrogen-bond acceptors (Lipinski definition) is 8. The fourth-order valence-corrected chi connectivity index (χ4v) is 32.4. The molecule has 15 aromatic rings. The van der Waals surface area contributed by atoms with E-state index in [1.54, 1.807) is 0 Å². The maximum atomic E-state index is 7.97. The summed E-state index contributed by atoms with van der Waals surface area (Å²) in [6.45, 7) is 9.89.